The Balaban J connectivity index is 2.82. The van der Waals surface area contributed by atoms with Crippen LogP contribution in [0.1, 0.15) is 30.4 Å². The first kappa shape index (κ1) is 14.7. The van der Waals surface area contributed by atoms with E-state index in [-0.39, 0.29) is 17.9 Å². The third-order valence-electron chi connectivity index (χ3n) is 2.97. The maximum Gasteiger partial charge on any atom is 0.306 e. The van der Waals surface area contributed by atoms with Crippen LogP contribution in [0.25, 0.3) is 0 Å². The number of rotatable bonds is 6. The van der Waals surface area contributed by atoms with Gasteiger partial charge in [0.15, 0.2) is 0 Å². The lowest BCUT2D eigenvalue weighted by atomic mass is 9.89. The van der Waals surface area contributed by atoms with Crippen LogP contribution in [0, 0.1) is 0 Å². The average Bonchev–Trinajstić information content (AvgIpc) is 2.37. The SMILES string of the molecule is COCc1ccc(C(CC(=O)OC)C(C)N)cc1. The minimum Gasteiger partial charge on any atom is -0.469 e. The predicted molar refractivity (Wildman–Crippen MR) is 70.2 cm³/mol. The first-order valence-corrected chi connectivity index (χ1v) is 5.98. The summed E-state index contributed by atoms with van der Waals surface area (Å²) >= 11 is 0. The Morgan fingerprint density at radius 3 is 2.33 bits per heavy atom. The van der Waals surface area contributed by atoms with Crippen molar-refractivity contribution in [2.75, 3.05) is 14.2 Å². The molecule has 0 aromatic heterocycles. The number of nitrogens with two attached hydrogens (primary N) is 1. The lowest BCUT2D eigenvalue weighted by molar-refractivity contribution is -0.141. The Hall–Kier alpha value is -1.39. The van der Waals surface area contributed by atoms with Crippen LogP contribution in [0.15, 0.2) is 24.3 Å². The van der Waals surface area contributed by atoms with Crippen molar-refractivity contribution in [1.29, 1.82) is 0 Å². The van der Waals surface area contributed by atoms with Gasteiger partial charge in [0.05, 0.1) is 20.1 Å². The van der Waals surface area contributed by atoms with Crippen LogP contribution in [0.3, 0.4) is 0 Å². The number of ether oxygens (including phenoxy) is 2. The largest absolute Gasteiger partial charge is 0.469 e. The molecule has 0 aliphatic carbocycles. The van der Waals surface area contributed by atoms with E-state index in [2.05, 4.69) is 0 Å². The van der Waals surface area contributed by atoms with Gasteiger partial charge >= 0.3 is 5.97 Å². The molecule has 18 heavy (non-hydrogen) atoms. The standard InChI is InChI=1S/C14H21NO3/c1-10(15)13(8-14(16)18-3)12-6-4-11(5-7-12)9-17-2/h4-7,10,13H,8-9,15H2,1-3H3. The van der Waals surface area contributed by atoms with Crippen LogP contribution >= 0.6 is 0 Å². The maximum absolute atomic E-state index is 11.4. The van der Waals surface area contributed by atoms with E-state index in [1.165, 1.54) is 7.11 Å². The third kappa shape index (κ3) is 4.13. The highest BCUT2D eigenvalue weighted by Gasteiger charge is 2.20. The van der Waals surface area contributed by atoms with Crippen molar-refractivity contribution >= 4 is 5.97 Å². The highest BCUT2D eigenvalue weighted by atomic mass is 16.5. The molecule has 0 amide bonds. The van der Waals surface area contributed by atoms with Crippen LogP contribution < -0.4 is 5.73 Å². The quantitative estimate of drug-likeness (QED) is 0.783. The van der Waals surface area contributed by atoms with E-state index in [0.717, 1.165) is 11.1 Å². The maximum atomic E-state index is 11.4. The van der Waals surface area contributed by atoms with Crippen molar-refractivity contribution in [3.8, 4) is 0 Å². The highest BCUT2D eigenvalue weighted by Crippen LogP contribution is 2.23. The fourth-order valence-electron chi connectivity index (χ4n) is 1.90. The summed E-state index contributed by atoms with van der Waals surface area (Å²) in [6, 6.07) is 7.87. The van der Waals surface area contributed by atoms with Crippen molar-refractivity contribution in [3.63, 3.8) is 0 Å². The third-order valence-corrected chi connectivity index (χ3v) is 2.97. The molecule has 0 bridgehead atoms. The lowest BCUT2D eigenvalue weighted by Gasteiger charge is -2.20. The van der Waals surface area contributed by atoms with Crippen molar-refractivity contribution in [3.05, 3.63) is 35.4 Å². The average molecular weight is 251 g/mol. The first-order chi connectivity index (χ1) is 8.58. The summed E-state index contributed by atoms with van der Waals surface area (Å²) in [6.45, 7) is 2.48. The van der Waals surface area contributed by atoms with Crippen molar-refractivity contribution < 1.29 is 14.3 Å². The Morgan fingerprint density at radius 2 is 1.89 bits per heavy atom. The molecule has 4 nitrogen and oxygen atoms in total. The molecule has 0 radical (unpaired) electrons. The molecule has 0 spiro atoms. The van der Waals surface area contributed by atoms with Crippen LogP contribution in [0.2, 0.25) is 0 Å². The van der Waals surface area contributed by atoms with Gasteiger partial charge in [-0.15, -0.1) is 0 Å². The van der Waals surface area contributed by atoms with E-state index in [9.17, 15) is 4.79 Å². The summed E-state index contributed by atoms with van der Waals surface area (Å²) in [5.41, 5.74) is 8.09. The van der Waals surface area contributed by atoms with E-state index in [4.69, 9.17) is 15.2 Å². The first-order valence-electron chi connectivity index (χ1n) is 5.98. The smallest absolute Gasteiger partial charge is 0.306 e. The highest BCUT2D eigenvalue weighted by molar-refractivity contribution is 5.70. The second kappa shape index (κ2) is 7.13. The topological polar surface area (TPSA) is 61.5 Å². The van der Waals surface area contributed by atoms with E-state index in [1.54, 1.807) is 7.11 Å². The van der Waals surface area contributed by atoms with E-state index in [1.807, 2.05) is 31.2 Å². The van der Waals surface area contributed by atoms with Gasteiger partial charge in [0.1, 0.15) is 0 Å². The van der Waals surface area contributed by atoms with Gasteiger partial charge in [0, 0.05) is 19.1 Å². The van der Waals surface area contributed by atoms with Gasteiger partial charge in [-0.05, 0) is 18.1 Å². The number of benzene rings is 1. The number of hydrogen-bond acceptors (Lipinski definition) is 4. The Labute approximate surface area is 108 Å². The van der Waals surface area contributed by atoms with Gasteiger partial charge in [-0.1, -0.05) is 24.3 Å². The van der Waals surface area contributed by atoms with Crippen LogP contribution in [0.5, 0.6) is 0 Å². The zero-order chi connectivity index (χ0) is 13.5. The Bertz CT molecular complexity index is 373. The number of methoxy groups -OCH3 is 2. The van der Waals surface area contributed by atoms with Gasteiger partial charge in [0.2, 0.25) is 0 Å². The van der Waals surface area contributed by atoms with E-state index in [0.29, 0.717) is 13.0 Å². The zero-order valence-electron chi connectivity index (χ0n) is 11.2. The molecule has 0 saturated heterocycles. The fourth-order valence-corrected chi connectivity index (χ4v) is 1.90. The van der Waals surface area contributed by atoms with Crippen molar-refractivity contribution in [2.24, 2.45) is 5.73 Å². The van der Waals surface area contributed by atoms with Gasteiger partial charge in [-0.3, -0.25) is 4.79 Å². The van der Waals surface area contributed by atoms with Crippen molar-refractivity contribution in [2.45, 2.75) is 31.9 Å². The molecule has 0 aliphatic heterocycles. The molecule has 4 heteroatoms. The molecule has 100 valence electrons. The van der Waals surface area contributed by atoms with Gasteiger partial charge in [0.25, 0.3) is 0 Å². The van der Waals surface area contributed by atoms with Gasteiger partial charge in [-0.2, -0.15) is 0 Å². The van der Waals surface area contributed by atoms with E-state index < -0.39 is 0 Å². The molecule has 0 saturated carbocycles. The molecule has 1 aromatic rings. The monoisotopic (exact) mass is 251 g/mol. The summed E-state index contributed by atoms with van der Waals surface area (Å²) < 4.78 is 9.76. The number of esters is 1. The van der Waals surface area contributed by atoms with Crippen molar-refractivity contribution in [1.82, 2.24) is 0 Å². The molecule has 0 heterocycles. The second-order valence-corrected chi connectivity index (χ2v) is 4.42. The van der Waals surface area contributed by atoms with Gasteiger partial charge in [-0.25, -0.2) is 0 Å². The molecular weight excluding hydrogens is 230 g/mol. The number of carbonyl (C=O) groups is 1. The number of carbonyl (C=O) groups excluding carboxylic acids is 1. The van der Waals surface area contributed by atoms with Crippen LogP contribution in [0.4, 0.5) is 0 Å². The van der Waals surface area contributed by atoms with Crippen LogP contribution in [-0.4, -0.2) is 26.2 Å². The summed E-state index contributed by atoms with van der Waals surface area (Å²) in [5.74, 6) is -0.257. The Kier molecular flexibility index (Phi) is 5.82. The minimum atomic E-state index is -0.238. The van der Waals surface area contributed by atoms with E-state index >= 15 is 0 Å². The predicted octanol–water partition coefficient (Wildman–Crippen LogP) is 1.83. The summed E-state index contributed by atoms with van der Waals surface area (Å²) in [7, 11) is 3.05. The molecule has 0 aliphatic rings. The number of hydrogen-bond donors (Lipinski definition) is 1. The fraction of sp³-hybridized carbons (Fsp3) is 0.500. The molecule has 2 unspecified atom stereocenters. The minimum absolute atomic E-state index is 0.0194. The summed E-state index contributed by atoms with van der Waals surface area (Å²) in [4.78, 5) is 11.4. The lowest BCUT2D eigenvalue weighted by Crippen LogP contribution is -2.27. The molecular formula is C14H21NO3. The zero-order valence-corrected chi connectivity index (χ0v) is 11.2. The second-order valence-electron chi connectivity index (χ2n) is 4.42. The molecule has 2 atom stereocenters. The molecule has 2 N–H and O–H groups in total. The summed E-state index contributed by atoms with van der Waals surface area (Å²) in [6.07, 6.45) is 0.303. The molecule has 1 rings (SSSR count). The molecule has 1 aromatic carbocycles. The molecule has 0 fully saturated rings. The van der Waals surface area contributed by atoms with Gasteiger partial charge < -0.3 is 15.2 Å². The normalized spacial score (nSPS) is 14.0. The van der Waals surface area contributed by atoms with Crippen LogP contribution in [-0.2, 0) is 20.9 Å². The Morgan fingerprint density at radius 1 is 1.28 bits per heavy atom. The summed E-state index contributed by atoms with van der Waals surface area (Å²) in [5, 5.41) is 0.